The summed E-state index contributed by atoms with van der Waals surface area (Å²) in [5, 5.41) is 59.2. The monoisotopic (exact) mass is 338 g/mol. The van der Waals surface area contributed by atoms with Gasteiger partial charge in [-0.3, -0.25) is 0 Å². The van der Waals surface area contributed by atoms with Gasteiger partial charge in [0.05, 0.1) is 12.0 Å². The van der Waals surface area contributed by atoms with Gasteiger partial charge in [-0.1, -0.05) is 12.1 Å². The van der Waals surface area contributed by atoms with Gasteiger partial charge in [0.25, 0.3) is 0 Å². The van der Waals surface area contributed by atoms with Crippen LogP contribution in [-0.2, 0) is 4.74 Å². The molecule has 0 spiro atoms. The first kappa shape index (κ1) is 16.7. The molecule has 1 aliphatic rings. The van der Waals surface area contributed by atoms with Crippen LogP contribution in [0.5, 0.6) is 17.2 Å². The molecule has 2 aromatic carbocycles. The molecule has 0 aromatic heterocycles. The highest BCUT2D eigenvalue weighted by molar-refractivity contribution is 5.97. The van der Waals surface area contributed by atoms with Gasteiger partial charge in [0, 0.05) is 5.39 Å². The Hall–Kier alpha value is -2.10. The second-order valence-corrected chi connectivity index (χ2v) is 5.60. The number of phenolic OH excluding ortho intramolecular Hbond substituents is 2. The summed E-state index contributed by atoms with van der Waals surface area (Å²) in [6.45, 7) is -0.577. The van der Waals surface area contributed by atoms with E-state index < -0.39 is 37.3 Å². The Morgan fingerprint density at radius 1 is 0.917 bits per heavy atom. The van der Waals surface area contributed by atoms with Crippen LogP contribution < -0.4 is 4.74 Å². The van der Waals surface area contributed by atoms with Crippen molar-refractivity contribution in [2.45, 2.75) is 30.7 Å². The van der Waals surface area contributed by atoms with E-state index in [0.717, 1.165) is 0 Å². The number of benzene rings is 2. The maximum Gasteiger partial charge on any atom is 0.229 e. The molecule has 0 saturated carbocycles. The number of ether oxygens (including phenoxy) is 2. The lowest BCUT2D eigenvalue weighted by atomic mass is 9.99. The lowest BCUT2D eigenvalue weighted by Gasteiger charge is -2.39. The number of aliphatic hydroxyl groups excluding tert-OH is 4. The highest BCUT2D eigenvalue weighted by Crippen LogP contribution is 2.39. The minimum atomic E-state index is -1.57. The van der Waals surface area contributed by atoms with E-state index in [1.165, 1.54) is 18.2 Å². The van der Waals surface area contributed by atoms with Crippen molar-refractivity contribution in [3.63, 3.8) is 0 Å². The standard InChI is InChI=1S/C16H18O8/c17-6-11-13(20)14(21)15(22)16(24-11)23-10-5-4-8(18)7-2-1-3-9(19)12(7)10/h1-5,11,13-22H,6H2/t11-,13?,14+,15?,16?/m1/s1. The zero-order valence-corrected chi connectivity index (χ0v) is 12.5. The van der Waals surface area contributed by atoms with E-state index in [1.807, 2.05) is 0 Å². The molecule has 5 atom stereocenters. The van der Waals surface area contributed by atoms with E-state index >= 15 is 0 Å². The zero-order valence-electron chi connectivity index (χ0n) is 12.5. The number of rotatable bonds is 3. The van der Waals surface area contributed by atoms with Crippen LogP contribution in [0.2, 0.25) is 0 Å². The first-order valence-corrected chi connectivity index (χ1v) is 7.35. The smallest absolute Gasteiger partial charge is 0.229 e. The Balaban J connectivity index is 1.96. The Morgan fingerprint density at radius 3 is 2.38 bits per heavy atom. The molecule has 8 heteroatoms. The summed E-state index contributed by atoms with van der Waals surface area (Å²) in [6.07, 6.45) is -7.12. The number of hydrogen-bond donors (Lipinski definition) is 6. The summed E-state index contributed by atoms with van der Waals surface area (Å²) in [6, 6.07) is 7.25. The van der Waals surface area contributed by atoms with Gasteiger partial charge in [-0.05, 0) is 18.2 Å². The third-order valence-electron chi connectivity index (χ3n) is 4.05. The molecule has 24 heavy (non-hydrogen) atoms. The van der Waals surface area contributed by atoms with Crippen molar-refractivity contribution in [3.05, 3.63) is 30.3 Å². The quantitative estimate of drug-likeness (QED) is 0.437. The molecule has 8 nitrogen and oxygen atoms in total. The number of fused-ring (bicyclic) bond motifs is 1. The third-order valence-corrected chi connectivity index (χ3v) is 4.05. The normalized spacial score (nSPS) is 30.4. The van der Waals surface area contributed by atoms with E-state index in [1.54, 1.807) is 12.1 Å². The lowest BCUT2D eigenvalue weighted by molar-refractivity contribution is -0.277. The molecule has 1 saturated heterocycles. The van der Waals surface area contributed by atoms with Crippen molar-refractivity contribution in [3.8, 4) is 17.2 Å². The van der Waals surface area contributed by atoms with Crippen molar-refractivity contribution in [2.75, 3.05) is 6.61 Å². The summed E-state index contributed by atoms with van der Waals surface area (Å²) < 4.78 is 10.8. The van der Waals surface area contributed by atoms with E-state index in [-0.39, 0.29) is 22.6 Å². The average molecular weight is 338 g/mol. The molecule has 1 aliphatic heterocycles. The SMILES string of the molecule is OC[C@H]1OC(Oc2ccc(O)c3cccc(O)c23)C(O)[C@@H](O)C1O. The Bertz CT molecular complexity index is 731. The molecule has 0 radical (unpaired) electrons. The van der Waals surface area contributed by atoms with Crippen LogP contribution in [0.3, 0.4) is 0 Å². The van der Waals surface area contributed by atoms with Crippen LogP contribution in [0.4, 0.5) is 0 Å². The molecule has 6 N–H and O–H groups in total. The zero-order chi connectivity index (χ0) is 17.4. The Morgan fingerprint density at radius 2 is 1.67 bits per heavy atom. The molecule has 0 amide bonds. The van der Waals surface area contributed by atoms with Gasteiger partial charge >= 0.3 is 0 Å². The molecule has 0 aliphatic carbocycles. The van der Waals surface area contributed by atoms with Gasteiger partial charge < -0.3 is 40.1 Å². The number of phenols is 2. The first-order chi connectivity index (χ1) is 11.4. The van der Waals surface area contributed by atoms with Gasteiger partial charge in [0.15, 0.2) is 0 Å². The summed E-state index contributed by atoms with van der Waals surface area (Å²) in [7, 11) is 0. The highest BCUT2D eigenvalue weighted by Gasteiger charge is 2.44. The van der Waals surface area contributed by atoms with Crippen molar-refractivity contribution < 1.29 is 40.1 Å². The molecule has 3 unspecified atom stereocenters. The van der Waals surface area contributed by atoms with Crippen LogP contribution in [0.1, 0.15) is 0 Å². The summed E-state index contributed by atoms with van der Waals surface area (Å²) >= 11 is 0. The average Bonchev–Trinajstić information content (AvgIpc) is 2.58. The molecular formula is C16H18O8. The van der Waals surface area contributed by atoms with Gasteiger partial charge in [-0.25, -0.2) is 0 Å². The van der Waals surface area contributed by atoms with Gasteiger partial charge in [-0.15, -0.1) is 0 Å². The maximum atomic E-state index is 10.0. The lowest BCUT2D eigenvalue weighted by Crippen LogP contribution is -2.60. The minimum Gasteiger partial charge on any atom is -0.507 e. The van der Waals surface area contributed by atoms with Gasteiger partial charge in [0.1, 0.15) is 41.7 Å². The molecule has 1 fully saturated rings. The maximum absolute atomic E-state index is 10.0. The first-order valence-electron chi connectivity index (χ1n) is 7.35. The van der Waals surface area contributed by atoms with E-state index in [9.17, 15) is 30.6 Å². The number of aromatic hydroxyl groups is 2. The fraction of sp³-hybridized carbons (Fsp3) is 0.375. The van der Waals surface area contributed by atoms with Crippen molar-refractivity contribution in [2.24, 2.45) is 0 Å². The molecule has 130 valence electrons. The summed E-state index contributed by atoms with van der Waals surface area (Å²) in [4.78, 5) is 0. The topological polar surface area (TPSA) is 140 Å². The number of hydrogen-bond acceptors (Lipinski definition) is 8. The largest absolute Gasteiger partial charge is 0.507 e. The molecule has 3 rings (SSSR count). The van der Waals surface area contributed by atoms with Crippen LogP contribution in [0.25, 0.3) is 10.8 Å². The predicted octanol–water partition coefficient (Wildman–Crippen LogP) is -0.570. The van der Waals surface area contributed by atoms with Crippen LogP contribution in [0.15, 0.2) is 30.3 Å². The predicted molar refractivity (Wildman–Crippen MR) is 81.7 cm³/mol. The Labute approximate surface area is 136 Å². The second kappa shape index (κ2) is 6.42. The van der Waals surface area contributed by atoms with Crippen LogP contribution in [-0.4, -0.2) is 68.0 Å². The van der Waals surface area contributed by atoms with E-state index in [2.05, 4.69) is 0 Å². The van der Waals surface area contributed by atoms with Crippen molar-refractivity contribution >= 4 is 10.8 Å². The molecule has 0 bridgehead atoms. The summed E-state index contributed by atoms with van der Waals surface area (Å²) in [5.74, 6) is -0.115. The van der Waals surface area contributed by atoms with Gasteiger partial charge in [0.2, 0.25) is 6.29 Å². The van der Waals surface area contributed by atoms with Crippen molar-refractivity contribution in [1.82, 2.24) is 0 Å². The summed E-state index contributed by atoms with van der Waals surface area (Å²) in [5.41, 5.74) is 0. The highest BCUT2D eigenvalue weighted by atomic mass is 16.7. The Kier molecular flexibility index (Phi) is 4.48. The minimum absolute atomic E-state index is 0.0675. The van der Waals surface area contributed by atoms with Crippen LogP contribution >= 0.6 is 0 Å². The van der Waals surface area contributed by atoms with Gasteiger partial charge in [-0.2, -0.15) is 0 Å². The third kappa shape index (κ3) is 2.74. The number of aliphatic hydroxyl groups is 4. The van der Waals surface area contributed by atoms with Crippen LogP contribution in [0, 0.1) is 0 Å². The fourth-order valence-corrected chi connectivity index (χ4v) is 2.73. The van der Waals surface area contributed by atoms with E-state index in [0.29, 0.717) is 5.39 Å². The fourth-order valence-electron chi connectivity index (χ4n) is 2.73. The van der Waals surface area contributed by atoms with E-state index in [4.69, 9.17) is 9.47 Å². The molecule has 2 aromatic rings. The molecular weight excluding hydrogens is 320 g/mol. The molecule has 1 heterocycles. The second-order valence-electron chi connectivity index (χ2n) is 5.60. The van der Waals surface area contributed by atoms with Crippen molar-refractivity contribution in [1.29, 1.82) is 0 Å².